The number of pyridine rings is 1. The molecule has 2 aromatic heterocycles. The normalized spacial score (nSPS) is 25.4. The zero-order chi connectivity index (χ0) is 51.8. The van der Waals surface area contributed by atoms with Gasteiger partial charge in [0.2, 0.25) is 11.8 Å². The zero-order valence-corrected chi connectivity index (χ0v) is 43.6. The van der Waals surface area contributed by atoms with Crippen molar-refractivity contribution in [2.24, 2.45) is 11.3 Å². The lowest BCUT2D eigenvalue weighted by molar-refractivity contribution is -0.155. The molecule has 3 aromatic rings. The fourth-order valence-electron chi connectivity index (χ4n) is 11.6. The van der Waals surface area contributed by atoms with E-state index in [1.54, 1.807) is 30.2 Å². The molecule has 3 fully saturated rings. The molecule has 72 heavy (non-hydrogen) atoms. The van der Waals surface area contributed by atoms with Gasteiger partial charge >= 0.3 is 12.0 Å². The van der Waals surface area contributed by atoms with Crippen LogP contribution in [0, 0.1) is 11.3 Å². The van der Waals surface area contributed by atoms with E-state index in [4.69, 9.17) is 19.2 Å². The van der Waals surface area contributed by atoms with Gasteiger partial charge in [0.05, 0.1) is 41.8 Å². The molecule has 0 aliphatic carbocycles. The number of methoxy groups -OCH3 is 1. The number of aryl methyl sites for hydroxylation is 1. The van der Waals surface area contributed by atoms with E-state index in [1.807, 2.05) is 44.7 Å². The van der Waals surface area contributed by atoms with Gasteiger partial charge in [-0.2, -0.15) is 0 Å². The fraction of sp³-hybridized carbons (Fsp3) is 0.593. The summed E-state index contributed by atoms with van der Waals surface area (Å²) in [5.74, 6) is -1.97. The van der Waals surface area contributed by atoms with E-state index in [0.717, 1.165) is 44.6 Å². The Labute approximate surface area is 423 Å². The molecule has 0 saturated carbocycles. The summed E-state index contributed by atoms with van der Waals surface area (Å²) in [6.45, 7) is 20.2. The van der Waals surface area contributed by atoms with Gasteiger partial charge in [0.15, 0.2) is 0 Å². The standard InChI is InChI=1S/C54H75N9O9/c1-11-45(65)62-32-72-54(35(62)6)19-23-60(24-20-54)52(69)58(9)47(33(3)4)49(66)56-43-30-59-28-37(25-38(64)29-59)36-17-18-44-40(26-36)41(48(61(44)12-2)39-15-13-21-55-46(39)34(5)70-10)27-53(7,8)31-71-51(68)42-16-14-22-63(57-42)50(43)67/h11,13,15,17-18,21,25-26,33-35,38,42-43,47,57,64H,1,12,14,16,19-20,22-24,27-32H2,2-10H3,(H,56,66)/t34-,35-,38+,42-,43-,47-/m0/s1. The highest BCUT2D eigenvalue weighted by atomic mass is 16.5. The molecule has 18 heteroatoms. The number of aromatic nitrogens is 2. The van der Waals surface area contributed by atoms with Crippen molar-refractivity contribution in [3.05, 3.63) is 72.1 Å². The average Bonchev–Trinajstić information content (AvgIpc) is 3.85. The highest BCUT2D eigenvalue weighted by Gasteiger charge is 2.50. The number of esters is 1. The van der Waals surface area contributed by atoms with Crippen molar-refractivity contribution in [1.82, 2.24) is 44.9 Å². The SMILES string of the molecule is C=CC(=O)N1COC2(CCN(C(=O)N(C)[C@H](C(=O)N[C@H]3CN4CC(=C[C@@H](O)C4)c4ccc5c(c4)c(c(-c4cccnc4[C@H](C)OC)n5CC)CC(C)(C)COC(=O)[C@@H]4CCCN(N4)C3=O)C(C)C)CC2)[C@@H]1C. The average molecular weight is 994 g/mol. The molecule has 8 rings (SSSR count). The smallest absolute Gasteiger partial charge is 0.324 e. The summed E-state index contributed by atoms with van der Waals surface area (Å²) in [5.41, 5.74) is 8.70. The number of nitrogens with zero attached hydrogens (tertiary/aromatic N) is 7. The van der Waals surface area contributed by atoms with Crippen molar-refractivity contribution >= 4 is 46.2 Å². The number of likely N-dealkylation sites (tertiary alicyclic amines) is 1. The highest BCUT2D eigenvalue weighted by molar-refractivity contribution is 5.95. The lowest BCUT2D eigenvalue weighted by atomic mass is 9.84. The van der Waals surface area contributed by atoms with Gasteiger partial charge in [0, 0.05) is 88.0 Å². The molecule has 1 spiro atoms. The highest BCUT2D eigenvalue weighted by Crippen LogP contribution is 2.42. The molecule has 5 aliphatic rings. The Balaban J connectivity index is 1.11. The molecule has 1 aromatic carbocycles. The quantitative estimate of drug-likeness (QED) is 0.195. The molecule has 1 unspecified atom stereocenters. The summed E-state index contributed by atoms with van der Waals surface area (Å²) < 4.78 is 20.5. The van der Waals surface area contributed by atoms with E-state index in [0.29, 0.717) is 58.3 Å². The van der Waals surface area contributed by atoms with Gasteiger partial charge in [-0.3, -0.25) is 34.1 Å². The Morgan fingerprint density at radius 3 is 2.56 bits per heavy atom. The molecule has 7 heterocycles. The van der Waals surface area contributed by atoms with Gasteiger partial charge in [-0.05, 0) is 112 Å². The number of likely N-dealkylation sites (N-methyl/N-ethyl adjacent to an activating group) is 1. The van der Waals surface area contributed by atoms with Crippen LogP contribution < -0.4 is 10.7 Å². The number of ether oxygens (including phenoxy) is 3. The molecule has 7 atom stereocenters. The number of benzene rings is 1. The summed E-state index contributed by atoms with van der Waals surface area (Å²) in [7, 11) is 3.29. The van der Waals surface area contributed by atoms with Crippen LogP contribution >= 0.6 is 0 Å². The van der Waals surface area contributed by atoms with Crippen molar-refractivity contribution < 1.29 is 43.3 Å². The zero-order valence-electron chi connectivity index (χ0n) is 43.6. The number of hydrogen-bond donors (Lipinski definition) is 3. The first-order valence-electron chi connectivity index (χ1n) is 25.7. The molecule has 3 saturated heterocycles. The van der Waals surface area contributed by atoms with E-state index in [-0.39, 0.29) is 63.0 Å². The largest absolute Gasteiger partial charge is 0.464 e. The van der Waals surface area contributed by atoms with Crippen molar-refractivity contribution in [3.8, 4) is 11.3 Å². The molecule has 0 radical (unpaired) electrons. The molecule has 6 bridgehead atoms. The van der Waals surface area contributed by atoms with E-state index in [1.165, 1.54) is 16.0 Å². The first kappa shape index (κ1) is 52.7. The minimum absolute atomic E-state index is 0.0338. The Morgan fingerprint density at radius 1 is 1.11 bits per heavy atom. The second kappa shape index (κ2) is 21.4. The van der Waals surface area contributed by atoms with Gasteiger partial charge in [-0.25, -0.2) is 10.2 Å². The van der Waals surface area contributed by atoms with Crippen LogP contribution in [0.3, 0.4) is 0 Å². The van der Waals surface area contributed by atoms with Gasteiger partial charge in [0.1, 0.15) is 24.9 Å². The number of cyclic esters (lactones) is 1. The number of piperidine rings is 1. The molecule has 3 N–H and O–H groups in total. The Hall–Kier alpha value is -5.66. The topological polar surface area (TPSA) is 191 Å². The monoisotopic (exact) mass is 994 g/mol. The maximum absolute atomic E-state index is 14.9. The number of urea groups is 1. The molecular formula is C54H75N9O9. The number of aliphatic hydroxyl groups is 1. The van der Waals surface area contributed by atoms with Crippen LogP contribution in [0.4, 0.5) is 4.79 Å². The predicted molar refractivity (Wildman–Crippen MR) is 273 cm³/mol. The van der Waals surface area contributed by atoms with Crippen LogP contribution in [-0.2, 0) is 46.4 Å². The Kier molecular flexibility index (Phi) is 15.7. The second-order valence-corrected chi connectivity index (χ2v) is 21.5. The summed E-state index contributed by atoms with van der Waals surface area (Å²) in [5, 5.41) is 17.0. The maximum atomic E-state index is 14.9. The molecule has 5 aliphatic heterocycles. The third-order valence-corrected chi connectivity index (χ3v) is 15.6. The number of nitrogens with one attached hydrogen (secondary N) is 2. The number of amides is 5. The minimum Gasteiger partial charge on any atom is -0.464 e. The number of carbonyl (C=O) groups is 5. The van der Waals surface area contributed by atoms with Gasteiger partial charge < -0.3 is 43.9 Å². The van der Waals surface area contributed by atoms with Gasteiger partial charge in [-0.15, -0.1) is 0 Å². The minimum atomic E-state index is -1.13. The van der Waals surface area contributed by atoms with E-state index < -0.39 is 53.0 Å². The van der Waals surface area contributed by atoms with Crippen LogP contribution in [0.15, 0.2) is 55.3 Å². The number of hydrogen-bond acceptors (Lipinski definition) is 12. The summed E-state index contributed by atoms with van der Waals surface area (Å²) in [6.07, 6.45) is 6.32. The number of carbonyl (C=O) groups excluding carboxylic acids is 5. The summed E-state index contributed by atoms with van der Waals surface area (Å²) >= 11 is 0. The number of aliphatic hydroxyl groups excluding tert-OH is 1. The van der Waals surface area contributed by atoms with Crippen LogP contribution in [0.1, 0.15) is 97.1 Å². The summed E-state index contributed by atoms with van der Waals surface area (Å²) in [6, 6.07) is 6.96. The fourth-order valence-corrected chi connectivity index (χ4v) is 11.6. The molecule has 5 amide bonds. The van der Waals surface area contributed by atoms with Crippen molar-refractivity contribution in [2.45, 2.75) is 129 Å². The second-order valence-electron chi connectivity index (χ2n) is 21.5. The van der Waals surface area contributed by atoms with Crippen molar-refractivity contribution in [1.29, 1.82) is 0 Å². The molecule has 390 valence electrons. The van der Waals surface area contributed by atoms with Crippen LogP contribution in [-0.4, -0.2) is 172 Å². The maximum Gasteiger partial charge on any atom is 0.324 e. The molecular weight excluding hydrogens is 919 g/mol. The third-order valence-electron chi connectivity index (χ3n) is 15.6. The number of fused-ring (bicyclic) bond motifs is 6. The van der Waals surface area contributed by atoms with E-state index in [2.05, 4.69) is 66.9 Å². The van der Waals surface area contributed by atoms with Crippen molar-refractivity contribution in [2.75, 3.05) is 66.8 Å². The van der Waals surface area contributed by atoms with E-state index in [9.17, 15) is 29.1 Å². The van der Waals surface area contributed by atoms with Crippen LogP contribution in [0.25, 0.3) is 27.7 Å². The first-order valence-corrected chi connectivity index (χ1v) is 25.7. The van der Waals surface area contributed by atoms with Crippen molar-refractivity contribution in [3.63, 3.8) is 0 Å². The number of hydrazine groups is 1. The predicted octanol–water partition coefficient (Wildman–Crippen LogP) is 4.90. The van der Waals surface area contributed by atoms with Crippen LogP contribution in [0.5, 0.6) is 0 Å². The Bertz CT molecular complexity index is 2580. The third kappa shape index (κ3) is 10.4. The summed E-state index contributed by atoms with van der Waals surface area (Å²) in [4.78, 5) is 82.0. The van der Waals surface area contributed by atoms with Gasteiger partial charge in [0.25, 0.3) is 5.91 Å². The molecule has 18 nitrogen and oxygen atoms in total. The van der Waals surface area contributed by atoms with Crippen LogP contribution in [0.2, 0.25) is 0 Å². The van der Waals surface area contributed by atoms with Gasteiger partial charge in [-0.1, -0.05) is 40.3 Å². The Morgan fingerprint density at radius 2 is 1.86 bits per heavy atom. The number of rotatable bonds is 9. The first-order chi connectivity index (χ1) is 34.3. The lowest BCUT2D eigenvalue weighted by Crippen LogP contribution is -2.64. The van der Waals surface area contributed by atoms with E-state index >= 15 is 0 Å². The lowest BCUT2D eigenvalue weighted by Gasteiger charge is -2.43.